The molecule has 0 amide bonds. The molecule has 4 saturated carbocycles. The van der Waals surface area contributed by atoms with Crippen molar-refractivity contribution in [2.24, 2.45) is 23.7 Å². The van der Waals surface area contributed by atoms with Gasteiger partial charge < -0.3 is 0 Å². The van der Waals surface area contributed by atoms with Gasteiger partial charge in [0.15, 0.2) is 0 Å². The minimum absolute atomic E-state index is 0.197. The highest BCUT2D eigenvalue weighted by atomic mass is 14.9. The van der Waals surface area contributed by atoms with Crippen LogP contribution < -0.4 is 0 Å². The fourth-order valence-corrected chi connectivity index (χ4v) is 15.2. The predicted molar refractivity (Wildman–Crippen MR) is 260 cm³/mol. The molecule has 0 bridgehead atoms. The largest absolute Gasteiger partial charge is 0.0622 e. The fraction of sp³-hybridized carbons (Fsp3) is 0.161. The van der Waals surface area contributed by atoms with Crippen LogP contribution in [0, 0.1) is 23.7 Å². The Morgan fingerprint density at radius 3 is 0.903 bits per heavy atom. The summed E-state index contributed by atoms with van der Waals surface area (Å²) in [5.41, 5.74) is 14.2. The molecule has 0 heteroatoms. The third-order valence-electron chi connectivity index (χ3n) is 16.8. The number of hydrogen-bond donors (Lipinski definition) is 0. The molecule has 4 aliphatic rings. The van der Waals surface area contributed by atoms with E-state index in [1.54, 1.807) is 11.1 Å². The summed E-state index contributed by atoms with van der Waals surface area (Å²) in [6, 6.07) is 78.5. The lowest BCUT2D eigenvalue weighted by Crippen LogP contribution is -2.80. The number of rotatable bonds is 6. The van der Waals surface area contributed by atoms with Gasteiger partial charge in [-0.2, -0.15) is 0 Å². The molecule has 0 N–H and O–H groups in total. The molecule has 0 aromatic heterocycles. The summed E-state index contributed by atoms with van der Waals surface area (Å²) in [6.45, 7) is 0. The molecule has 4 aliphatic carbocycles. The first-order valence-corrected chi connectivity index (χ1v) is 23.0. The zero-order chi connectivity index (χ0) is 40.6. The lowest BCUT2D eigenvalue weighted by atomic mass is 9.24. The van der Waals surface area contributed by atoms with Gasteiger partial charge in [0.05, 0.1) is 0 Å². The van der Waals surface area contributed by atoms with E-state index in [1.165, 1.54) is 113 Å². The Morgan fingerprint density at radius 2 is 0.532 bits per heavy atom. The quantitative estimate of drug-likeness (QED) is 0.147. The SMILES string of the molecule is c1ccc(-c2c3ccccc3c(-c3ccc(C45C6CCC4C4CCC6C45c4cccc(-c5c6ccccc6c(-c6ccccc6)c6ccccc56)c4)cc3)c3ccccc23)cc1. The zero-order valence-corrected chi connectivity index (χ0v) is 34.8. The van der Waals surface area contributed by atoms with Crippen molar-refractivity contribution < 1.29 is 0 Å². The molecule has 10 aromatic carbocycles. The molecule has 0 radical (unpaired) electrons. The average molecular weight is 791 g/mol. The molecule has 62 heavy (non-hydrogen) atoms. The smallest absolute Gasteiger partial charge is 0.0118 e. The minimum Gasteiger partial charge on any atom is -0.0622 e. The molecular weight excluding hydrogens is 745 g/mol. The number of fused-ring (bicyclic) bond motifs is 6. The Balaban J connectivity index is 0.928. The second-order valence-corrected chi connectivity index (χ2v) is 18.9. The van der Waals surface area contributed by atoms with Gasteiger partial charge in [-0.05, 0) is 148 Å². The number of hydrogen-bond acceptors (Lipinski definition) is 0. The van der Waals surface area contributed by atoms with Crippen molar-refractivity contribution in [3.05, 3.63) is 217 Å². The molecule has 4 unspecified atom stereocenters. The van der Waals surface area contributed by atoms with Gasteiger partial charge in [0, 0.05) is 10.8 Å². The highest BCUT2D eigenvalue weighted by molar-refractivity contribution is 6.22. The maximum atomic E-state index is 2.66. The van der Waals surface area contributed by atoms with E-state index in [9.17, 15) is 0 Å². The van der Waals surface area contributed by atoms with Crippen molar-refractivity contribution in [3.63, 3.8) is 0 Å². The Morgan fingerprint density at radius 1 is 0.242 bits per heavy atom. The van der Waals surface area contributed by atoms with Crippen LogP contribution in [0.3, 0.4) is 0 Å². The Bertz CT molecular complexity index is 3300. The van der Waals surface area contributed by atoms with Gasteiger partial charge in [-0.1, -0.05) is 206 Å². The van der Waals surface area contributed by atoms with Gasteiger partial charge in [-0.25, -0.2) is 0 Å². The fourth-order valence-electron chi connectivity index (χ4n) is 15.2. The van der Waals surface area contributed by atoms with Crippen molar-refractivity contribution >= 4 is 43.1 Å². The molecule has 0 heterocycles. The van der Waals surface area contributed by atoms with Crippen LogP contribution in [0.25, 0.3) is 87.6 Å². The van der Waals surface area contributed by atoms with Crippen LogP contribution in [-0.4, -0.2) is 0 Å². The van der Waals surface area contributed by atoms with Crippen LogP contribution in [0.5, 0.6) is 0 Å². The maximum Gasteiger partial charge on any atom is 0.0118 e. The maximum absolute atomic E-state index is 2.66. The second-order valence-electron chi connectivity index (χ2n) is 18.9. The van der Waals surface area contributed by atoms with E-state index < -0.39 is 0 Å². The topological polar surface area (TPSA) is 0 Å². The molecule has 14 rings (SSSR count). The predicted octanol–water partition coefficient (Wildman–Crippen LogP) is 16.2. The molecule has 4 atom stereocenters. The van der Waals surface area contributed by atoms with E-state index >= 15 is 0 Å². The van der Waals surface area contributed by atoms with E-state index in [4.69, 9.17) is 0 Å². The summed E-state index contributed by atoms with van der Waals surface area (Å²) < 4.78 is 0. The third kappa shape index (κ3) is 4.28. The molecular formula is C62H46. The first kappa shape index (κ1) is 34.9. The molecule has 0 aliphatic heterocycles. The van der Waals surface area contributed by atoms with E-state index in [2.05, 4.69) is 206 Å². The molecule has 0 saturated heterocycles. The van der Waals surface area contributed by atoms with Gasteiger partial charge >= 0.3 is 0 Å². The Labute approximate surface area is 363 Å². The molecule has 294 valence electrons. The highest BCUT2D eigenvalue weighted by Gasteiger charge is 2.88. The van der Waals surface area contributed by atoms with Crippen LogP contribution in [0.4, 0.5) is 0 Å². The lowest BCUT2D eigenvalue weighted by Gasteiger charge is -2.78. The first-order chi connectivity index (χ1) is 30.8. The van der Waals surface area contributed by atoms with Crippen molar-refractivity contribution in [2.75, 3.05) is 0 Å². The molecule has 10 aromatic rings. The van der Waals surface area contributed by atoms with Crippen LogP contribution in [0.1, 0.15) is 36.8 Å². The van der Waals surface area contributed by atoms with Gasteiger partial charge in [-0.3, -0.25) is 0 Å². The molecule has 0 nitrogen and oxygen atoms in total. The van der Waals surface area contributed by atoms with Crippen LogP contribution in [0.2, 0.25) is 0 Å². The summed E-state index contributed by atoms with van der Waals surface area (Å²) >= 11 is 0. The van der Waals surface area contributed by atoms with Crippen molar-refractivity contribution in [3.8, 4) is 44.5 Å². The van der Waals surface area contributed by atoms with Crippen molar-refractivity contribution in [1.29, 1.82) is 0 Å². The second kappa shape index (κ2) is 12.9. The highest BCUT2D eigenvalue weighted by Crippen LogP contribution is 2.90. The van der Waals surface area contributed by atoms with Gasteiger partial charge in [0.1, 0.15) is 0 Å². The summed E-state index contributed by atoms with van der Waals surface area (Å²) in [6.07, 6.45) is 5.50. The Hall–Kier alpha value is -6.76. The van der Waals surface area contributed by atoms with E-state index in [0.717, 1.165) is 23.7 Å². The lowest BCUT2D eigenvalue weighted by molar-refractivity contribution is -0.195. The van der Waals surface area contributed by atoms with Gasteiger partial charge in [0.25, 0.3) is 0 Å². The van der Waals surface area contributed by atoms with Crippen LogP contribution >= 0.6 is 0 Å². The Kier molecular flexibility index (Phi) is 7.25. The normalized spacial score (nSPS) is 24.3. The zero-order valence-electron chi connectivity index (χ0n) is 34.8. The van der Waals surface area contributed by atoms with Crippen LogP contribution in [0.15, 0.2) is 206 Å². The third-order valence-corrected chi connectivity index (χ3v) is 16.8. The standard InChI is InChI=1S/C62H46/c1-3-16-39(17-4-1)57-45-22-7-9-24-47(45)59(48-25-10-8-23-46(48)57)41-30-32-43(33-31-41)61-53-34-35-54(61)56-37-36-55(53)62(56,61)44-21-15-20-42(38-44)60-51-28-13-11-26-49(51)58(40-18-5-2-6-19-40)50-27-12-14-29-52(50)60/h1-33,38,53-56H,34-37H2. The van der Waals surface area contributed by atoms with E-state index in [1.807, 2.05) is 0 Å². The summed E-state index contributed by atoms with van der Waals surface area (Å²) in [4.78, 5) is 0. The number of benzene rings is 10. The van der Waals surface area contributed by atoms with Crippen molar-refractivity contribution in [2.45, 2.75) is 36.5 Å². The monoisotopic (exact) mass is 790 g/mol. The van der Waals surface area contributed by atoms with Gasteiger partial charge in [0.2, 0.25) is 0 Å². The summed E-state index contributed by atoms with van der Waals surface area (Å²) in [5, 5.41) is 10.6. The van der Waals surface area contributed by atoms with Crippen molar-refractivity contribution in [1.82, 2.24) is 0 Å². The van der Waals surface area contributed by atoms with E-state index in [-0.39, 0.29) is 10.8 Å². The first-order valence-electron chi connectivity index (χ1n) is 23.0. The summed E-state index contributed by atoms with van der Waals surface area (Å²) in [5.74, 6) is 3.04. The minimum atomic E-state index is 0.197. The van der Waals surface area contributed by atoms with E-state index in [0.29, 0.717) is 0 Å². The van der Waals surface area contributed by atoms with Gasteiger partial charge in [-0.15, -0.1) is 0 Å². The molecule has 0 spiro atoms. The molecule has 4 fully saturated rings. The van der Waals surface area contributed by atoms with Crippen LogP contribution in [-0.2, 0) is 10.8 Å². The average Bonchev–Trinajstić information content (AvgIpc) is 3.66. The summed E-state index contributed by atoms with van der Waals surface area (Å²) in [7, 11) is 0.